The van der Waals surface area contributed by atoms with Gasteiger partial charge in [0.05, 0.1) is 18.5 Å². The van der Waals surface area contributed by atoms with Gasteiger partial charge in [-0.1, -0.05) is 6.07 Å². The molecule has 3 aromatic rings. The third-order valence-electron chi connectivity index (χ3n) is 3.29. The van der Waals surface area contributed by atoms with Crippen molar-refractivity contribution in [1.82, 2.24) is 9.97 Å². The molecule has 0 atom stereocenters. The summed E-state index contributed by atoms with van der Waals surface area (Å²) in [4.78, 5) is 8.63. The van der Waals surface area contributed by atoms with E-state index in [0.717, 1.165) is 33.4 Å². The van der Waals surface area contributed by atoms with E-state index in [0.29, 0.717) is 0 Å². The number of aromatic nitrogens is 2. The highest BCUT2D eigenvalue weighted by molar-refractivity contribution is 7.14. The zero-order valence-electron chi connectivity index (χ0n) is 12.9. The Labute approximate surface area is 138 Å². The Bertz CT molecular complexity index is 797. The first-order valence-electron chi connectivity index (χ1n) is 7.07. The Hall–Kier alpha value is -2.73. The second-order valence-electron chi connectivity index (χ2n) is 4.82. The molecular formula is C17H16N4OS. The van der Waals surface area contributed by atoms with Crippen LogP contribution in [0.4, 0.5) is 5.13 Å². The summed E-state index contributed by atoms with van der Waals surface area (Å²) in [6, 6.07) is 11.7. The van der Waals surface area contributed by atoms with Gasteiger partial charge < -0.3 is 4.74 Å². The van der Waals surface area contributed by atoms with Gasteiger partial charge in [0.2, 0.25) is 5.13 Å². The Morgan fingerprint density at radius 2 is 2.04 bits per heavy atom. The molecule has 0 bridgehead atoms. The minimum absolute atomic E-state index is 0.749. The minimum Gasteiger partial charge on any atom is -0.497 e. The molecule has 23 heavy (non-hydrogen) atoms. The van der Waals surface area contributed by atoms with E-state index in [1.54, 1.807) is 19.5 Å². The molecule has 0 amide bonds. The minimum atomic E-state index is 0.749. The first-order valence-corrected chi connectivity index (χ1v) is 7.95. The molecule has 0 saturated heterocycles. The second-order valence-corrected chi connectivity index (χ2v) is 5.68. The fraction of sp³-hybridized carbons (Fsp3) is 0.118. The van der Waals surface area contributed by atoms with Crippen molar-refractivity contribution in [2.45, 2.75) is 6.92 Å². The van der Waals surface area contributed by atoms with Crippen LogP contribution < -0.4 is 10.2 Å². The van der Waals surface area contributed by atoms with Crippen LogP contribution >= 0.6 is 11.3 Å². The number of nitrogens with zero attached hydrogens (tertiary/aromatic N) is 3. The van der Waals surface area contributed by atoms with Gasteiger partial charge >= 0.3 is 0 Å². The van der Waals surface area contributed by atoms with Crippen molar-refractivity contribution in [3.8, 4) is 17.0 Å². The van der Waals surface area contributed by atoms with Crippen LogP contribution in [-0.4, -0.2) is 22.8 Å². The highest BCUT2D eigenvalue weighted by Gasteiger charge is 2.05. The number of pyridine rings is 1. The van der Waals surface area contributed by atoms with Gasteiger partial charge in [-0.25, -0.2) is 4.98 Å². The third kappa shape index (κ3) is 3.73. The summed E-state index contributed by atoms with van der Waals surface area (Å²) in [5.41, 5.74) is 6.79. The van der Waals surface area contributed by atoms with Gasteiger partial charge in [0.1, 0.15) is 5.75 Å². The first-order chi connectivity index (χ1) is 11.3. The predicted molar refractivity (Wildman–Crippen MR) is 94.2 cm³/mol. The number of nitrogens with one attached hydrogen (secondary N) is 1. The monoisotopic (exact) mass is 324 g/mol. The molecule has 0 aliphatic heterocycles. The Morgan fingerprint density at radius 1 is 1.22 bits per heavy atom. The number of benzene rings is 1. The molecule has 0 saturated carbocycles. The lowest BCUT2D eigenvalue weighted by Crippen LogP contribution is -1.99. The molecule has 0 unspecified atom stereocenters. The van der Waals surface area contributed by atoms with Crippen LogP contribution in [0.3, 0.4) is 0 Å². The van der Waals surface area contributed by atoms with Crippen LogP contribution in [0.15, 0.2) is 59.3 Å². The summed E-state index contributed by atoms with van der Waals surface area (Å²) in [7, 11) is 1.66. The summed E-state index contributed by atoms with van der Waals surface area (Å²) >= 11 is 1.52. The third-order valence-corrected chi connectivity index (χ3v) is 4.04. The standard InChI is InChI=1S/C17H16N4OS/c1-12(14-4-3-9-18-10-14)20-21-17-19-16(11-23-17)13-5-7-15(22-2)8-6-13/h3-11H,1-2H3,(H,19,21)/b20-12+. The molecule has 1 N–H and O–H groups in total. The maximum Gasteiger partial charge on any atom is 0.203 e. The average Bonchev–Trinajstić information content (AvgIpc) is 3.09. The van der Waals surface area contributed by atoms with Crippen molar-refractivity contribution in [2.24, 2.45) is 5.10 Å². The lowest BCUT2D eigenvalue weighted by Gasteiger charge is -2.01. The van der Waals surface area contributed by atoms with Crippen molar-refractivity contribution >= 4 is 22.2 Å². The first kappa shape index (κ1) is 15.2. The van der Waals surface area contributed by atoms with Crippen LogP contribution in [0.25, 0.3) is 11.3 Å². The van der Waals surface area contributed by atoms with E-state index in [4.69, 9.17) is 4.74 Å². The number of hydrogen-bond acceptors (Lipinski definition) is 6. The number of hydrazone groups is 1. The molecule has 0 fully saturated rings. The summed E-state index contributed by atoms with van der Waals surface area (Å²) in [6.45, 7) is 1.93. The van der Waals surface area contributed by atoms with Gasteiger partial charge in [0, 0.05) is 28.9 Å². The lowest BCUT2D eigenvalue weighted by molar-refractivity contribution is 0.415. The Balaban J connectivity index is 1.72. The summed E-state index contributed by atoms with van der Waals surface area (Å²) in [5.74, 6) is 0.832. The van der Waals surface area contributed by atoms with Crippen LogP contribution in [-0.2, 0) is 0 Å². The average molecular weight is 324 g/mol. The lowest BCUT2D eigenvalue weighted by atomic mass is 10.2. The van der Waals surface area contributed by atoms with Crippen LogP contribution in [0.2, 0.25) is 0 Å². The van der Waals surface area contributed by atoms with E-state index in [9.17, 15) is 0 Å². The topological polar surface area (TPSA) is 59.4 Å². The molecule has 116 valence electrons. The van der Waals surface area contributed by atoms with E-state index >= 15 is 0 Å². The number of ether oxygens (including phenoxy) is 1. The van der Waals surface area contributed by atoms with E-state index in [2.05, 4.69) is 20.5 Å². The summed E-state index contributed by atoms with van der Waals surface area (Å²) in [6.07, 6.45) is 3.53. The van der Waals surface area contributed by atoms with Gasteiger partial charge in [0.15, 0.2) is 0 Å². The molecule has 2 aromatic heterocycles. The fourth-order valence-corrected chi connectivity index (χ4v) is 2.65. The molecule has 0 spiro atoms. The second kappa shape index (κ2) is 7.02. The molecule has 1 aromatic carbocycles. The van der Waals surface area contributed by atoms with E-state index in [-0.39, 0.29) is 0 Å². The number of hydrogen-bond donors (Lipinski definition) is 1. The van der Waals surface area contributed by atoms with Crippen molar-refractivity contribution in [3.05, 3.63) is 59.7 Å². The van der Waals surface area contributed by atoms with Gasteiger partial charge in [-0.05, 0) is 37.3 Å². The van der Waals surface area contributed by atoms with Gasteiger partial charge in [0.25, 0.3) is 0 Å². The zero-order chi connectivity index (χ0) is 16.1. The van der Waals surface area contributed by atoms with Crippen molar-refractivity contribution < 1.29 is 4.74 Å². The SMILES string of the molecule is COc1ccc(-c2csc(N/N=C(\C)c3cccnc3)n2)cc1. The maximum absolute atomic E-state index is 5.16. The van der Waals surface area contributed by atoms with Gasteiger partial charge in [-0.3, -0.25) is 10.4 Å². The molecule has 6 heteroatoms. The number of rotatable bonds is 5. The van der Waals surface area contributed by atoms with E-state index < -0.39 is 0 Å². The highest BCUT2D eigenvalue weighted by atomic mass is 32.1. The van der Waals surface area contributed by atoms with Crippen LogP contribution in [0, 0.1) is 0 Å². The number of methoxy groups -OCH3 is 1. The fourth-order valence-electron chi connectivity index (χ4n) is 1.99. The van der Waals surface area contributed by atoms with E-state index in [1.807, 2.05) is 48.7 Å². The smallest absolute Gasteiger partial charge is 0.203 e. The summed E-state index contributed by atoms with van der Waals surface area (Å²) < 4.78 is 5.16. The molecule has 3 rings (SSSR count). The quantitative estimate of drug-likeness (QED) is 0.568. The van der Waals surface area contributed by atoms with Crippen molar-refractivity contribution in [1.29, 1.82) is 0 Å². The van der Waals surface area contributed by atoms with Crippen LogP contribution in [0.1, 0.15) is 12.5 Å². The van der Waals surface area contributed by atoms with E-state index in [1.165, 1.54) is 11.3 Å². The largest absolute Gasteiger partial charge is 0.497 e. The van der Waals surface area contributed by atoms with Crippen molar-refractivity contribution in [2.75, 3.05) is 12.5 Å². The zero-order valence-corrected chi connectivity index (χ0v) is 13.7. The molecular weight excluding hydrogens is 308 g/mol. The number of thiazole rings is 1. The predicted octanol–water partition coefficient (Wildman–Crippen LogP) is 4.05. The molecule has 5 nitrogen and oxygen atoms in total. The van der Waals surface area contributed by atoms with Gasteiger partial charge in [-0.15, -0.1) is 11.3 Å². The molecule has 0 radical (unpaired) electrons. The molecule has 0 aliphatic rings. The normalized spacial score (nSPS) is 11.3. The van der Waals surface area contributed by atoms with Gasteiger partial charge in [-0.2, -0.15) is 5.10 Å². The Kier molecular flexibility index (Phi) is 4.63. The Morgan fingerprint density at radius 3 is 2.74 bits per heavy atom. The number of anilines is 1. The molecule has 2 heterocycles. The highest BCUT2D eigenvalue weighted by Crippen LogP contribution is 2.26. The molecule has 0 aliphatic carbocycles. The maximum atomic E-state index is 5.16. The van der Waals surface area contributed by atoms with Crippen molar-refractivity contribution in [3.63, 3.8) is 0 Å². The van der Waals surface area contributed by atoms with Crippen LogP contribution in [0.5, 0.6) is 5.75 Å². The summed E-state index contributed by atoms with van der Waals surface area (Å²) in [5, 5.41) is 7.10.